The lowest BCUT2D eigenvalue weighted by atomic mass is 9.96. The van der Waals surface area contributed by atoms with Crippen LogP contribution >= 0.6 is 0 Å². The number of allylic oxidation sites excluding steroid dienone is 9. The van der Waals surface area contributed by atoms with Crippen LogP contribution in [0.2, 0.25) is 0 Å². The van der Waals surface area contributed by atoms with Crippen molar-refractivity contribution < 1.29 is 4.58 Å². The normalized spacial score (nSPS) is 12.9. The highest BCUT2D eigenvalue weighted by molar-refractivity contribution is 6.02. The molecular formula is C38H42N5O2+. The first-order chi connectivity index (χ1) is 21.2. The van der Waals surface area contributed by atoms with Gasteiger partial charge in [-0.25, -0.2) is 4.58 Å². The number of hydrogen-bond acceptors (Lipinski definition) is 4. The maximum Gasteiger partial charge on any atom is 0.270 e. The van der Waals surface area contributed by atoms with Gasteiger partial charge in [0.05, 0.1) is 10.8 Å². The van der Waals surface area contributed by atoms with Crippen molar-refractivity contribution in [2.45, 2.75) is 14.4 Å². The zero-order chi connectivity index (χ0) is 31.2. The second-order valence-electron chi connectivity index (χ2n) is 11.0. The van der Waals surface area contributed by atoms with Crippen LogP contribution < -0.4 is 20.9 Å². The van der Waals surface area contributed by atoms with E-state index in [0.717, 1.165) is 39.3 Å². The monoisotopic (exact) mass is 600 g/mol. The van der Waals surface area contributed by atoms with Crippen LogP contribution in [0.4, 0.5) is 17.1 Å². The Morgan fingerprint density at radius 1 is 0.733 bits per heavy atom. The summed E-state index contributed by atoms with van der Waals surface area (Å²) in [6, 6.07) is 22.3. The molecule has 0 amide bonds. The van der Waals surface area contributed by atoms with Crippen molar-refractivity contribution in [3.8, 4) is 0 Å². The third-order valence-corrected chi connectivity index (χ3v) is 7.67. The predicted octanol–water partition coefficient (Wildman–Crippen LogP) is 6.83. The van der Waals surface area contributed by atoms with Crippen molar-refractivity contribution >= 4 is 39.1 Å². The summed E-state index contributed by atoms with van der Waals surface area (Å²) < 4.78 is 2.09. The molecule has 4 aromatic rings. The standard InChI is InChI=1S/C37H37N5O2.CH4/c1-6-42(32-23-24-34-35(25-32)37(44)39-38-36(34)43)31-21-15-28(16-22-31)33(27-13-19-30(20-14-27)41(4)5)10-8-7-9-26-11-17-29(18-12-26)40(2)3;/h7-25H,6H2,1-5H3,(H-,38,39,43,44);1H4/p+1. The molecule has 45 heavy (non-hydrogen) atoms. The summed E-state index contributed by atoms with van der Waals surface area (Å²) >= 11 is 0. The largest absolute Gasteiger partial charge is 0.378 e. The van der Waals surface area contributed by atoms with E-state index in [1.54, 1.807) is 12.1 Å². The maximum absolute atomic E-state index is 12.4. The van der Waals surface area contributed by atoms with Gasteiger partial charge in [0.1, 0.15) is 14.1 Å². The van der Waals surface area contributed by atoms with Crippen LogP contribution in [-0.2, 0) is 0 Å². The third kappa shape index (κ3) is 7.39. The average Bonchev–Trinajstić information content (AvgIpc) is 3.04. The van der Waals surface area contributed by atoms with Crippen LogP contribution in [0.5, 0.6) is 0 Å². The van der Waals surface area contributed by atoms with Crippen LogP contribution in [0, 0.1) is 0 Å². The smallest absolute Gasteiger partial charge is 0.270 e. The molecule has 0 atom stereocenters. The average molecular weight is 601 g/mol. The van der Waals surface area contributed by atoms with Crippen molar-refractivity contribution in [3.05, 3.63) is 153 Å². The SMILES string of the molecule is C.CCN(c1ccc(/C(=C/C=C/C=C2C=CC(=[N+](C)C)C=C2)c2ccc(N(C)C)cc2)cc1)c1ccc2c(=O)[nH][nH]c(=O)c2c1. The molecule has 0 bridgehead atoms. The molecule has 230 valence electrons. The second kappa shape index (κ2) is 14.4. The molecular weight excluding hydrogens is 558 g/mol. The Morgan fingerprint density at radius 3 is 1.84 bits per heavy atom. The summed E-state index contributed by atoms with van der Waals surface area (Å²) in [4.78, 5) is 28.8. The van der Waals surface area contributed by atoms with Crippen LogP contribution in [0.25, 0.3) is 16.3 Å². The highest BCUT2D eigenvalue weighted by Crippen LogP contribution is 2.31. The summed E-state index contributed by atoms with van der Waals surface area (Å²) in [6.45, 7) is 2.75. The van der Waals surface area contributed by atoms with Crippen molar-refractivity contribution in [2.24, 2.45) is 0 Å². The van der Waals surface area contributed by atoms with Gasteiger partial charge in [-0.1, -0.05) is 56.0 Å². The fourth-order valence-electron chi connectivity index (χ4n) is 5.17. The molecule has 0 saturated heterocycles. The molecule has 0 spiro atoms. The number of nitrogens with zero attached hydrogens (tertiary/aromatic N) is 3. The van der Waals surface area contributed by atoms with E-state index in [0.29, 0.717) is 17.3 Å². The molecule has 3 aromatic carbocycles. The first-order valence-corrected chi connectivity index (χ1v) is 14.6. The van der Waals surface area contributed by atoms with Gasteiger partial charge in [-0.15, -0.1) is 0 Å². The minimum atomic E-state index is -0.321. The quantitative estimate of drug-likeness (QED) is 0.172. The lowest BCUT2D eigenvalue weighted by Crippen LogP contribution is -2.20. The van der Waals surface area contributed by atoms with Gasteiger partial charge in [0, 0.05) is 49.9 Å². The first-order valence-electron chi connectivity index (χ1n) is 14.6. The Bertz CT molecular complexity index is 1940. The molecule has 1 aliphatic rings. The summed E-state index contributed by atoms with van der Waals surface area (Å²) in [7, 11) is 8.16. The Balaban J connectivity index is 0.00000461. The van der Waals surface area contributed by atoms with E-state index in [1.807, 2.05) is 34.3 Å². The minimum Gasteiger partial charge on any atom is -0.378 e. The van der Waals surface area contributed by atoms with E-state index in [4.69, 9.17) is 0 Å². The van der Waals surface area contributed by atoms with Gasteiger partial charge in [0.25, 0.3) is 11.1 Å². The van der Waals surface area contributed by atoms with Gasteiger partial charge in [0.15, 0.2) is 5.71 Å². The fraction of sp³-hybridized carbons (Fsp3) is 0.184. The fourth-order valence-corrected chi connectivity index (χ4v) is 5.17. The first kappa shape index (κ1) is 32.5. The minimum absolute atomic E-state index is 0. The van der Waals surface area contributed by atoms with Gasteiger partial charge in [-0.2, -0.15) is 0 Å². The number of aromatic nitrogens is 2. The Labute approximate surface area is 265 Å². The number of anilines is 3. The Kier molecular flexibility index (Phi) is 10.4. The zero-order valence-electron chi connectivity index (χ0n) is 25.8. The van der Waals surface area contributed by atoms with Crippen LogP contribution in [0.3, 0.4) is 0 Å². The molecule has 0 saturated carbocycles. The molecule has 0 unspecified atom stereocenters. The van der Waals surface area contributed by atoms with E-state index in [1.165, 1.54) is 5.71 Å². The number of hydrogen-bond donors (Lipinski definition) is 2. The van der Waals surface area contributed by atoms with Gasteiger partial charge >= 0.3 is 0 Å². The van der Waals surface area contributed by atoms with Crippen LogP contribution in [-0.4, -0.2) is 55.2 Å². The van der Waals surface area contributed by atoms with Crippen molar-refractivity contribution in [2.75, 3.05) is 44.5 Å². The molecule has 0 fully saturated rings. The molecule has 5 rings (SSSR count). The summed E-state index contributed by atoms with van der Waals surface area (Å²) in [5.74, 6) is 0. The maximum atomic E-state index is 12.4. The van der Waals surface area contributed by atoms with Gasteiger partial charge in [-0.3, -0.25) is 19.8 Å². The van der Waals surface area contributed by atoms with Gasteiger partial charge < -0.3 is 9.80 Å². The molecule has 7 nitrogen and oxygen atoms in total. The molecule has 1 aromatic heterocycles. The highest BCUT2D eigenvalue weighted by Gasteiger charge is 2.12. The third-order valence-electron chi connectivity index (χ3n) is 7.67. The molecule has 0 radical (unpaired) electrons. The number of rotatable bonds is 8. The summed E-state index contributed by atoms with van der Waals surface area (Å²) in [6.07, 6.45) is 16.9. The number of fused-ring (bicyclic) bond motifs is 1. The van der Waals surface area contributed by atoms with Gasteiger partial charge in [0.2, 0.25) is 0 Å². The zero-order valence-corrected chi connectivity index (χ0v) is 25.8. The summed E-state index contributed by atoms with van der Waals surface area (Å²) in [5.41, 5.74) is 7.96. The van der Waals surface area contributed by atoms with Crippen LogP contribution in [0.15, 0.2) is 131 Å². The van der Waals surface area contributed by atoms with E-state index in [9.17, 15) is 9.59 Å². The van der Waals surface area contributed by atoms with E-state index in [-0.39, 0.29) is 18.5 Å². The van der Waals surface area contributed by atoms with Crippen LogP contribution in [0.1, 0.15) is 25.5 Å². The molecule has 7 heteroatoms. The van der Waals surface area contributed by atoms with Crippen molar-refractivity contribution in [1.82, 2.24) is 10.2 Å². The summed E-state index contributed by atoms with van der Waals surface area (Å²) in [5, 5.41) is 5.54. The lowest BCUT2D eigenvalue weighted by molar-refractivity contribution is -0.462. The second-order valence-corrected chi connectivity index (χ2v) is 11.0. The Hall–Kier alpha value is -5.43. The predicted molar refractivity (Wildman–Crippen MR) is 192 cm³/mol. The number of aromatic amines is 2. The topological polar surface area (TPSA) is 75.2 Å². The molecule has 1 heterocycles. The van der Waals surface area contributed by atoms with Crippen molar-refractivity contribution in [3.63, 3.8) is 0 Å². The molecule has 1 aliphatic carbocycles. The Morgan fingerprint density at radius 2 is 1.29 bits per heavy atom. The van der Waals surface area contributed by atoms with E-state index < -0.39 is 0 Å². The van der Waals surface area contributed by atoms with Crippen molar-refractivity contribution in [1.29, 1.82) is 0 Å². The number of nitrogens with one attached hydrogen (secondary N) is 2. The lowest BCUT2D eigenvalue weighted by Gasteiger charge is -2.24. The number of H-pyrrole nitrogens is 2. The highest BCUT2D eigenvalue weighted by atomic mass is 16.1. The van der Waals surface area contributed by atoms with Gasteiger partial charge in [-0.05, 0) is 83.8 Å². The van der Waals surface area contributed by atoms with E-state index >= 15 is 0 Å². The van der Waals surface area contributed by atoms with E-state index in [2.05, 4.69) is 129 Å². The molecule has 0 aliphatic heterocycles. The number of benzene rings is 3. The molecule has 2 N–H and O–H groups in total.